The molecule has 2 aromatic rings. The van der Waals surface area contributed by atoms with E-state index < -0.39 is 5.97 Å². The topological polar surface area (TPSA) is 55.1 Å². The number of carbonyl (C=O) groups is 1. The average molecular weight is 290 g/mol. The summed E-state index contributed by atoms with van der Waals surface area (Å²) in [5, 5.41) is 9.31. The summed E-state index contributed by atoms with van der Waals surface area (Å²) in [6.07, 6.45) is 3.11. The lowest BCUT2D eigenvalue weighted by molar-refractivity contribution is 0.0699. The standard InChI is InChI=1S/C15H18N2O2S/c1-2-13-16-14-11(15(18)19)4-3-5-12(14)17(13)10-6-8-20-9-7-10/h3-5,10H,2,6-9H2,1H3,(H,18,19). The molecule has 1 aromatic heterocycles. The summed E-state index contributed by atoms with van der Waals surface area (Å²) >= 11 is 1.99. The van der Waals surface area contributed by atoms with E-state index in [1.165, 1.54) is 11.5 Å². The first-order valence-electron chi connectivity index (χ1n) is 7.03. The Morgan fingerprint density at radius 1 is 1.45 bits per heavy atom. The molecule has 3 rings (SSSR count). The zero-order chi connectivity index (χ0) is 14.1. The third-order valence-electron chi connectivity index (χ3n) is 3.90. The molecule has 0 atom stereocenters. The van der Waals surface area contributed by atoms with Gasteiger partial charge in [-0.15, -0.1) is 0 Å². The van der Waals surface area contributed by atoms with Gasteiger partial charge in [0.25, 0.3) is 0 Å². The number of aromatic nitrogens is 2. The van der Waals surface area contributed by atoms with E-state index in [4.69, 9.17) is 0 Å². The number of nitrogens with zero attached hydrogens (tertiary/aromatic N) is 2. The maximum absolute atomic E-state index is 11.3. The van der Waals surface area contributed by atoms with Gasteiger partial charge in [-0.25, -0.2) is 9.78 Å². The summed E-state index contributed by atoms with van der Waals surface area (Å²) in [6.45, 7) is 2.08. The molecule has 4 nitrogen and oxygen atoms in total. The Balaban J connectivity index is 2.19. The highest BCUT2D eigenvalue weighted by molar-refractivity contribution is 7.99. The van der Waals surface area contributed by atoms with E-state index >= 15 is 0 Å². The molecule has 106 valence electrons. The van der Waals surface area contributed by atoms with Gasteiger partial charge in [0.05, 0.1) is 11.1 Å². The molecular formula is C15H18N2O2S. The van der Waals surface area contributed by atoms with Crippen molar-refractivity contribution in [2.75, 3.05) is 11.5 Å². The molecule has 0 saturated carbocycles. The Kier molecular flexibility index (Phi) is 3.70. The number of thioether (sulfide) groups is 1. The van der Waals surface area contributed by atoms with Gasteiger partial charge in [0, 0.05) is 12.5 Å². The number of carboxylic acid groups (broad SMARTS) is 1. The van der Waals surface area contributed by atoms with E-state index in [-0.39, 0.29) is 0 Å². The van der Waals surface area contributed by atoms with Gasteiger partial charge in [0.15, 0.2) is 0 Å². The van der Waals surface area contributed by atoms with Crippen molar-refractivity contribution in [3.8, 4) is 0 Å². The Hall–Kier alpha value is -1.49. The Morgan fingerprint density at radius 2 is 2.20 bits per heavy atom. The molecule has 0 spiro atoms. The fraction of sp³-hybridized carbons (Fsp3) is 0.467. The van der Waals surface area contributed by atoms with Crippen molar-refractivity contribution >= 4 is 28.8 Å². The van der Waals surface area contributed by atoms with Gasteiger partial charge in [-0.1, -0.05) is 13.0 Å². The minimum atomic E-state index is -0.901. The largest absolute Gasteiger partial charge is 0.478 e. The second-order valence-corrected chi connectivity index (χ2v) is 6.30. The molecule has 1 aliphatic heterocycles. The second kappa shape index (κ2) is 5.48. The quantitative estimate of drug-likeness (QED) is 0.941. The van der Waals surface area contributed by atoms with Crippen molar-refractivity contribution in [3.63, 3.8) is 0 Å². The van der Waals surface area contributed by atoms with Crippen molar-refractivity contribution in [3.05, 3.63) is 29.6 Å². The molecule has 1 saturated heterocycles. The lowest BCUT2D eigenvalue weighted by Gasteiger charge is -2.25. The maximum Gasteiger partial charge on any atom is 0.337 e. The van der Waals surface area contributed by atoms with Crippen LogP contribution in [0.1, 0.15) is 42.0 Å². The zero-order valence-electron chi connectivity index (χ0n) is 11.5. The number of aryl methyl sites for hydroxylation is 1. The van der Waals surface area contributed by atoms with E-state index in [0.717, 1.165) is 30.6 Å². The third kappa shape index (κ3) is 2.20. The van der Waals surface area contributed by atoms with Crippen LogP contribution in [0.5, 0.6) is 0 Å². The lowest BCUT2D eigenvalue weighted by Crippen LogP contribution is -2.17. The molecule has 1 N–H and O–H groups in total. The molecular weight excluding hydrogens is 272 g/mol. The van der Waals surface area contributed by atoms with Crippen LogP contribution in [0.3, 0.4) is 0 Å². The molecule has 2 heterocycles. The fourth-order valence-electron chi connectivity index (χ4n) is 2.94. The molecule has 0 aliphatic carbocycles. The highest BCUT2D eigenvalue weighted by atomic mass is 32.2. The number of imidazole rings is 1. The second-order valence-electron chi connectivity index (χ2n) is 5.07. The van der Waals surface area contributed by atoms with Gasteiger partial charge in [0.1, 0.15) is 11.3 Å². The first kappa shape index (κ1) is 13.5. The van der Waals surface area contributed by atoms with E-state index in [9.17, 15) is 9.90 Å². The van der Waals surface area contributed by atoms with E-state index in [1.807, 2.05) is 23.9 Å². The Labute approximate surface area is 122 Å². The first-order chi connectivity index (χ1) is 9.72. The lowest BCUT2D eigenvalue weighted by atomic mass is 10.1. The molecule has 0 radical (unpaired) electrons. The van der Waals surface area contributed by atoms with Crippen molar-refractivity contribution in [1.82, 2.24) is 9.55 Å². The first-order valence-corrected chi connectivity index (χ1v) is 8.18. The monoisotopic (exact) mass is 290 g/mol. The smallest absolute Gasteiger partial charge is 0.337 e. The molecule has 0 unspecified atom stereocenters. The van der Waals surface area contributed by atoms with E-state index in [2.05, 4.69) is 16.5 Å². The van der Waals surface area contributed by atoms with Gasteiger partial charge in [-0.3, -0.25) is 0 Å². The molecule has 0 bridgehead atoms. The summed E-state index contributed by atoms with van der Waals surface area (Å²) in [7, 11) is 0. The molecule has 1 aromatic carbocycles. The number of carboxylic acids is 1. The van der Waals surface area contributed by atoms with Crippen LogP contribution in [0.15, 0.2) is 18.2 Å². The van der Waals surface area contributed by atoms with Crippen LogP contribution in [0, 0.1) is 0 Å². The number of aromatic carboxylic acids is 1. The SMILES string of the molecule is CCc1nc2c(C(=O)O)cccc2n1C1CCSCC1. The number of benzene rings is 1. The van der Waals surface area contributed by atoms with Crippen LogP contribution in [0.4, 0.5) is 0 Å². The molecule has 20 heavy (non-hydrogen) atoms. The summed E-state index contributed by atoms with van der Waals surface area (Å²) in [4.78, 5) is 16.0. The molecule has 0 amide bonds. The average Bonchev–Trinajstić information content (AvgIpc) is 2.86. The van der Waals surface area contributed by atoms with Crippen molar-refractivity contribution < 1.29 is 9.90 Å². The predicted octanol–water partition coefficient (Wildman–Crippen LogP) is 3.37. The normalized spacial score (nSPS) is 16.6. The Morgan fingerprint density at radius 3 is 2.85 bits per heavy atom. The van der Waals surface area contributed by atoms with Gasteiger partial charge >= 0.3 is 5.97 Å². The van der Waals surface area contributed by atoms with Crippen LogP contribution < -0.4 is 0 Å². The van der Waals surface area contributed by atoms with Gasteiger partial charge in [-0.05, 0) is 36.5 Å². The Bertz CT molecular complexity index is 645. The summed E-state index contributed by atoms with van der Waals surface area (Å²) in [5.41, 5.74) is 1.91. The number of rotatable bonds is 3. The van der Waals surface area contributed by atoms with Crippen molar-refractivity contribution in [2.45, 2.75) is 32.2 Å². The number of para-hydroxylation sites is 1. The molecule has 1 aliphatic rings. The van der Waals surface area contributed by atoms with Gasteiger partial charge in [-0.2, -0.15) is 11.8 Å². The minimum absolute atomic E-state index is 0.307. The van der Waals surface area contributed by atoms with Crippen molar-refractivity contribution in [2.24, 2.45) is 0 Å². The summed E-state index contributed by atoms with van der Waals surface area (Å²) < 4.78 is 2.28. The van der Waals surface area contributed by atoms with Gasteiger partial charge in [0.2, 0.25) is 0 Å². The van der Waals surface area contributed by atoms with Crippen LogP contribution in [0.2, 0.25) is 0 Å². The predicted molar refractivity (Wildman–Crippen MR) is 81.7 cm³/mol. The van der Waals surface area contributed by atoms with Crippen LogP contribution in [0.25, 0.3) is 11.0 Å². The highest BCUT2D eigenvalue weighted by Crippen LogP contribution is 2.32. The summed E-state index contributed by atoms with van der Waals surface area (Å²) in [5.74, 6) is 2.45. The summed E-state index contributed by atoms with van der Waals surface area (Å²) in [6, 6.07) is 5.91. The molecule has 1 fully saturated rings. The van der Waals surface area contributed by atoms with Crippen molar-refractivity contribution in [1.29, 1.82) is 0 Å². The van der Waals surface area contributed by atoms with Crippen LogP contribution >= 0.6 is 11.8 Å². The molecule has 5 heteroatoms. The minimum Gasteiger partial charge on any atom is -0.478 e. The number of hydrogen-bond acceptors (Lipinski definition) is 3. The number of hydrogen-bond donors (Lipinski definition) is 1. The third-order valence-corrected chi connectivity index (χ3v) is 4.94. The van der Waals surface area contributed by atoms with E-state index in [0.29, 0.717) is 17.1 Å². The number of fused-ring (bicyclic) bond motifs is 1. The fourth-order valence-corrected chi connectivity index (χ4v) is 4.02. The van der Waals surface area contributed by atoms with Gasteiger partial charge < -0.3 is 9.67 Å². The zero-order valence-corrected chi connectivity index (χ0v) is 12.3. The van der Waals surface area contributed by atoms with E-state index in [1.54, 1.807) is 6.07 Å². The van der Waals surface area contributed by atoms with Crippen LogP contribution in [-0.4, -0.2) is 32.1 Å². The van der Waals surface area contributed by atoms with Crippen LogP contribution in [-0.2, 0) is 6.42 Å². The highest BCUT2D eigenvalue weighted by Gasteiger charge is 2.22. The maximum atomic E-state index is 11.3.